The van der Waals surface area contributed by atoms with Gasteiger partial charge < -0.3 is 20.1 Å². The normalized spacial score (nSPS) is 12.4. The largest absolute Gasteiger partial charge is 0.385 e. The predicted octanol–water partition coefficient (Wildman–Crippen LogP) is 3.24. The van der Waals surface area contributed by atoms with Crippen LogP contribution in [-0.4, -0.2) is 46.4 Å². The number of guanidine groups is 1. The number of hydrogen-bond donors (Lipinski definition) is 2. The fraction of sp³-hybridized carbons (Fsp3) is 0.562. The maximum absolute atomic E-state index is 6.03. The van der Waals surface area contributed by atoms with Crippen molar-refractivity contribution in [2.75, 3.05) is 40.5 Å². The maximum Gasteiger partial charge on any atom is 0.191 e. The summed E-state index contributed by atoms with van der Waals surface area (Å²) >= 11 is 6.03. The molecular weight excluding hydrogens is 429 g/mol. The van der Waals surface area contributed by atoms with Crippen molar-refractivity contribution >= 4 is 41.5 Å². The first-order valence-corrected chi connectivity index (χ1v) is 7.88. The van der Waals surface area contributed by atoms with Gasteiger partial charge in [-0.05, 0) is 31.0 Å². The van der Waals surface area contributed by atoms with Crippen molar-refractivity contribution in [3.63, 3.8) is 0 Å². The summed E-state index contributed by atoms with van der Waals surface area (Å²) in [6.07, 6.45) is 0.816. The van der Waals surface area contributed by atoms with E-state index in [1.165, 1.54) is 0 Å². The Hall–Kier alpha value is -0.570. The van der Waals surface area contributed by atoms with E-state index in [4.69, 9.17) is 21.1 Å². The van der Waals surface area contributed by atoms with Crippen LogP contribution in [0.15, 0.2) is 29.3 Å². The van der Waals surface area contributed by atoms with Crippen molar-refractivity contribution in [2.45, 2.75) is 19.4 Å². The second kappa shape index (κ2) is 13.8. The van der Waals surface area contributed by atoms with Crippen LogP contribution in [0, 0.1) is 0 Å². The number of halogens is 2. The summed E-state index contributed by atoms with van der Waals surface area (Å²) in [4.78, 5) is 4.57. The Morgan fingerprint density at radius 2 is 2.09 bits per heavy atom. The van der Waals surface area contributed by atoms with Gasteiger partial charge in [0.05, 0.1) is 6.54 Å². The Kier molecular flexibility index (Phi) is 13.5. The molecule has 0 aliphatic rings. The van der Waals surface area contributed by atoms with Gasteiger partial charge in [-0.3, -0.25) is 4.99 Å². The minimum absolute atomic E-state index is 0. The van der Waals surface area contributed by atoms with E-state index >= 15 is 0 Å². The number of methoxy groups -OCH3 is 2. The third-order valence-electron chi connectivity index (χ3n) is 3.08. The molecule has 0 spiro atoms. The molecule has 0 aromatic heterocycles. The first kappa shape index (κ1) is 22.4. The molecule has 0 saturated carbocycles. The highest BCUT2D eigenvalue weighted by Gasteiger charge is 2.10. The summed E-state index contributed by atoms with van der Waals surface area (Å²) in [6.45, 7) is 4.92. The van der Waals surface area contributed by atoms with Crippen molar-refractivity contribution in [1.82, 2.24) is 10.6 Å². The lowest BCUT2D eigenvalue weighted by Gasteiger charge is -2.16. The zero-order valence-electron chi connectivity index (χ0n) is 14.0. The van der Waals surface area contributed by atoms with Crippen LogP contribution in [0.25, 0.3) is 0 Å². The first-order valence-electron chi connectivity index (χ1n) is 7.50. The van der Waals surface area contributed by atoms with E-state index in [1.807, 2.05) is 31.2 Å². The third-order valence-corrected chi connectivity index (χ3v) is 3.32. The van der Waals surface area contributed by atoms with Crippen molar-refractivity contribution in [1.29, 1.82) is 0 Å². The quantitative estimate of drug-likeness (QED) is 0.260. The lowest BCUT2D eigenvalue weighted by Crippen LogP contribution is -2.38. The standard InChI is InChI=1S/C16H26ClN3O2.HI/c1-4-18-16(19-9-6-10-21-2)20-12-15(22-3)13-7-5-8-14(17)11-13;/h5,7-8,11,15H,4,6,9-10,12H2,1-3H3,(H2,18,19,20);1H. The highest BCUT2D eigenvalue weighted by molar-refractivity contribution is 14.0. The van der Waals surface area contributed by atoms with Crippen LogP contribution >= 0.6 is 35.6 Å². The lowest BCUT2D eigenvalue weighted by molar-refractivity contribution is 0.111. The van der Waals surface area contributed by atoms with Crippen molar-refractivity contribution < 1.29 is 9.47 Å². The minimum Gasteiger partial charge on any atom is -0.385 e. The fourth-order valence-corrected chi connectivity index (χ4v) is 2.16. The Labute approximate surface area is 161 Å². The van der Waals surface area contributed by atoms with Crippen molar-refractivity contribution in [3.8, 4) is 0 Å². The molecule has 1 aromatic carbocycles. The van der Waals surface area contributed by atoms with E-state index in [9.17, 15) is 0 Å². The van der Waals surface area contributed by atoms with Crippen LogP contribution < -0.4 is 10.6 Å². The van der Waals surface area contributed by atoms with Gasteiger partial charge in [-0.1, -0.05) is 23.7 Å². The average Bonchev–Trinajstić information content (AvgIpc) is 2.52. The number of nitrogens with one attached hydrogen (secondary N) is 2. The molecule has 7 heteroatoms. The third kappa shape index (κ3) is 9.34. The zero-order valence-corrected chi connectivity index (χ0v) is 17.1. The molecule has 1 aromatic rings. The summed E-state index contributed by atoms with van der Waals surface area (Å²) in [5.74, 6) is 0.780. The molecule has 0 aliphatic heterocycles. The van der Waals surface area contributed by atoms with Gasteiger partial charge >= 0.3 is 0 Å². The van der Waals surface area contributed by atoms with Gasteiger partial charge in [-0.15, -0.1) is 24.0 Å². The van der Waals surface area contributed by atoms with E-state index in [0.717, 1.165) is 37.6 Å². The monoisotopic (exact) mass is 455 g/mol. The van der Waals surface area contributed by atoms with E-state index in [0.29, 0.717) is 11.6 Å². The van der Waals surface area contributed by atoms with Crippen LogP contribution in [-0.2, 0) is 9.47 Å². The lowest BCUT2D eigenvalue weighted by atomic mass is 10.1. The highest BCUT2D eigenvalue weighted by atomic mass is 127. The van der Waals surface area contributed by atoms with Crippen LogP contribution in [0.5, 0.6) is 0 Å². The van der Waals surface area contributed by atoms with Crippen molar-refractivity contribution in [2.24, 2.45) is 4.99 Å². The number of benzene rings is 1. The van der Waals surface area contributed by atoms with E-state index in [1.54, 1.807) is 14.2 Å². The Balaban J connectivity index is 0.00000484. The summed E-state index contributed by atoms with van der Waals surface area (Å²) in [6, 6.07) is 7.67. The number of hydrogen-bond acceptors (Lipinski definition) is 3. The summed E-state index contributed by atoms with van der Waals surface area (Å²) in [5.41, 5.74) is 1.02. The molecule has 0 aliphatic carbocycles. The molecule has 23 heavy (non-hydrogen) atoms. The average molecular weight is 456 g/mol. The van der Waals surface area contributed by atoms with Crippen LogP contribution in [0.3, 0.4) is 0 Å². The second-order valence-electron chi connectivity index (χ2n) is 4.77. The zero-order chi connectivity index (χ0) is 16.2. The van der Waals surface area contributed by atoms with Crippen LogP contribution in [0.2, 0.25) is 5.02 Å². The smallest absolute Gasteiger partial charge is 0.191 e. The molecule has 0 fully saturated rings. The van der Waals surface area contributed by atoms with Crippen LogP contribution in [0.1, 0.15) is 25.0 Å². The van der Waals surface area contributed by atoms with Gasteiger partial charge in [0.25, 0.3) is 0 Å². The molecule has 1 rings (SSSR count). The molecule has 0 bridgehead atoms. The molecule has 132 valence electrons. The molecule has 1 unspecified atom stereocenters. The van der Waals surface area contributed by atoms with Gasteiger partial charge in [0, 0.05) is 38.9 Å². The molecule has 0 heterocycles. The van der Waals surface area contributed by atoms with E-state index in [-0.39, 0.29) is 30.1 Å². The number of rotatable bonds is 9. The molecule has 5 nitrogen and oxygen atoms in total. The number of aliphatic imine (C=N–C) groups is 1. The number of ether oxygens (including phenoxy) is 2. The van der Waals surface area contributed by atoms with Crippen molar-refractivity contribution in [3.05, 3.63) is 34.9 Å². The summed E-state index contributed by atoms with van der Waals surface area (Å²) < 4.78 is 10.6. The van der Waals surface area contributed by atoms with Gasteiger partial charge in [-0.2, -0.15) is 0 Å². The Morgan fingerprint density at radius 1 is 1.30 bits per heavy atom. The van der Waals surface area contributed by atoms with Crippen LogP contribution in [0.4, 0.5) is 0 Å². The molecule has 2 N–H and O–H groups in total. The Morgan fingerprint density at radius 3 is 2.70 bits per heavy atom. The minimum atomic E-state index is -0.117. The molecule has 0 amide bonds. The molecule has 0 radical (unpaired) electrons. The molecular formula is C16H27ClIN3O2. The van der Waals surface area contributed by atoms with E-state index < -0.39 is 0 Å². The number of nitrogens with zero attached hydrogens (tertiary/aromatic N) is 1. The summed E-state index contributed by atoms with van der Waals surface area (Å²) in [7, 11) is 3.38. The molecule has 1 atom stereocenters. The fourth-order valence-electron chi connectivity index (χ4n) is 1.96. The van der Waals surface area contributed by atoms with Gasteiger partial charge in [0.1, 0.15) is 6.10 Å². The Bertz CT molecular complexity index is 461. The molecule has 0 saturated heterocycles. The first-order chi connectivity index (χ1) is 10.7. The highest BCUT2D eigenvalue weighted by Crippen LogP contribution is 2.20. The van der Waals surface area contributed by atoms with Gasteiger partial charge in [-0.25, -0.2) is 0 Å². The van der Waals surface area contributed by atoms with E-state index in [2.05, 4.69) is 15.6 Å². The maximum atomic E-state index is 6.03. The topological polar surface area (TPSA) is 54.9 Å². The van der Waals surface area contributed by atoms with Gasteiger partial charge in [0.2, 0.25) is 0 Å². The SMILES string of the molecule is CCNC(=NCC(OC)c1cccc(Cl)c1)NCCCOC.I. The predicted molar refractivity (Wildman–Crippen MR) is 107 cm³/mol. The van der Waals surface area contributed by atoms with Gasteiger partial charge in [0.15, 0.2) is 5.96 Å². The summed E-state index contributed by atoms with van der Waals surface area (Å²) in [5, 5.41) is 7.20. The second-order valence-corrected chi connectivity index (χ2v) is 5.21.